The molecule has 2 rings (SSSR count). The quantitative estimate of drug-likeness (QED) is 0.881. The zero-order valence-corrected chi connectivity index (χ0v) is 12.9. The molecule has 2 unspecified atom stereocenters. The van der Waals surface area contributed by atoms with E-state index >= 15 is 0 Å². The van der Waals surface area contributed by atoms with Gasteiger partial charge in [-0.05, 0) is 37.1 Å². The number of rotatable bonds is 6. The second kappa shape index (κ2) is 7.25. The van der Waals surface area contributed by atoms with Gasteiger partial charge in [0.2, 0.25) is 0 Å². The van der Waals surface area contributed by atoms with Crippen molar-refractivity contribution in [3.63, 3.8) is 0 Å². The van der Waals surface area contributed by atoms with Gasteiger partial charge in [-0.2, -0.15) is 0 Å². The summed E-state index contributed by atoms with van der Waals surface area (Å²) >= 11 is 0. The summed E-state index contributed by atoms with van der Waals surface area (Å²) in [6, 6.07) is 16.2. The van der Waals surface area contributed by atoms with E-state index in [9.17, 15) is 0 Å². The number of hydrogen-bond acceptors (Lipinski definition) is 3. The van der Waals surface area contributed by atoms with Gasteiger partial charge in [0.1, 0.15) is 5.75 Å². The van der Waals surface area contributed by atoms with Crippen molar-refractivity contribution in [1.29, 1.82) is 0 Å². The van der Waals surface area contributed by atoms with Crippen LogP contribution in [0.4, 0.5) is 0 Å². The molecule has 0 fully saturated rings. The summed E-state index contributed by atoms with van der Waals surface area (Å²) in [5, 5.41) is 0. The number of benzene rings is 2. The van der Waals surface area contributed by atoms with Gasteiger partial charge in [0.15, 0.2) is 0 Å². The fourth-order valence-electron chi connectivity index (χ4n) is 2.22. The van der Waals surface area contributed by atoms with Gasteiger partial charge < -0.3 is 15.2 Å². The highest BCUT2D eigenvalue weighted by Gasteiger charge is 2.16. The monoisotopic (exact) mass is 285 g/mol. The van der Waals surface area contributed by atoms with Crippen LogP contribution in [0.1, 0.15) is 29.7 Å². The SMILES string of the molecule is COc1ccc(COC(c2ccc(C)cc2)C(C)N)cc1. The molecule has 2 N–H and O–H groups in total. The van der Waals surface area contributed by atoms with Gasteiger partial charge >= 0.3 is 0 Å². The Bertz CT molecular complexity index is 546. The highest BCUT2D eigenvalue weighted by Crippen LogP contribution is 2.23. The van der Waals surface area contributed by atoms with Gasteiger partial charge in [0, 0.05) is 6.04 Å². The largest absolute Gasteiger partial charge is 0.497 e. The highest BCUT2D eigenvalue weighted by molar-refractivity contribution is 5.27. The van der Waals surface area contributed by atoms with Gasteiger partial charge in [0.25, 0.3) is 0 Å². The van der Waals surface area contributed by atoms with Crippen molar-refractivity contribution in [3.8, 4) is 5.75 Å². The lowest BCUT2D eigenvalue weighted by Gasteiger charge is -2.22. The van der Waals surface area contributed by atoms with Gasteiger partial charge in [-0.1, -0.05) is 42.0 Å². The molecule has 0 saturated heterocycles. The van der Waals surface area contributed by atoms with Crippen LogP contribution < -0.4 is 10.5 Å². The van der Waals surface area contributed by atoms with Crippen molar-refractivity contribution in [2.75, 3.05) is 7.11 Å². The maximum absolute atomic E-state index is 6.07. The zero-order valence-electron chi connectivity index (χ0n) is 12.9. The van der Waals surface area contributed by atoms with Gasteiger partial charge in [-0.15, -0.1) is 0 Å². The third-order valence-electron chi connectivity index (χ3n) is 3.47. The van der Waals surface area contributed by atoms with Crippen LogP contribution in [0.2, 0.25) is 0 Å². The molecule has 0 aliphatic heterocycles. The summed E-state index contributed by atoms with van der Waals surface area (Å²) < 4.78 is 11.2. The molecule has 0 aromatic heterocycles. The van der Waals surface area contributed by atoms with Crippen molar-refractivity contribution in [2.24, 2.45) is 5.73 Å². The molecule has 3 nitrogen and oxygen atoms in total. The molecule has 0 saturated carbocycles. The number of methoxy groups -OCH3 is 1. The summed E-state index contributed by atoms with van der Waals surface area (Å²) in [7, 11) is 1.66. The topological polar surface area (TPSA) is 44.5 Å². The van der Waals surface area contributed by atoms with E-state index < -0.39 is 0 Å². The second-order valence-corrected chi connectivity index (χ2v) is 5.35. The highest BCUT2D eigenvalue weighted by atomic mass is 16.5. The maximum Gasteiger partial charge on any atom is 0.118 e. The molecule has 2 aromatic rings. The summed E-state index contributed by atoms with van der Waals surface area (Å²) in [5.74, 6) is 0.848. The fourth-order valence-corrected chi connectivity index (χ4v) is 2.22. The van der Waals surface area contributed by atoms with Crippen LogP contribution in [0, 0.1) is 6.92 Å². The fraction of sp³-hybridized carbons (Fsp3) is 0.333. The maximum atomic E-state index is 6.07. The molecular weight excluding hydrogens is 262 g/mol. The Hall–Kier alpha value is -1.84. The van der Waals surface area contributed by atoms with Crippen LogP contribution in [0.5, 0.6) is 5.75 Å². The molecule has 112 valence electrons. The van der Waals surface area contributed by atoms with Crippen molar-refractivity contribution in [3.05, 3.63) is 65.2 Å². The second-order valence-electron chi connectivity index (χ2n) is 5.35. The van der Waals surface area contributed by atoms with Crippen molar-refractivity contribution in [1.82, 2.24) is 0 Å². The summed E-state index contributed by atoms with van der Waals surface area (Å²) in [4.78, 5) is 0. The molecule has 21 heavy (non-hydrogen) atoms. The summed E-state index contributed by atoms with van der Waals surface area (Å²) in [6.45, 7) is 4.57. The van der Waals surface area contributed by atoms with E-state index in [0.29, 0.717) is 6.61 Å². The molecule has 0 aliphatic rings. The average molecular weight is 285 g/mol. The Kier molecular flexibility index (Phi) is 5.37. The molecule has 0 radical (unpaired) electrons. The smallest absolute Gasteiger partial charge is 0.118 e. The minimum Gasteiger partial charge on any atom is -0.497 e. The molecule has 0 spiro atoms. The van der Waals surface area contributed by atoms with E-state index in [1.165, 1.54) is 5.56 Å². The zero-order chi connectivity index (χ0) is 15.2. The third-order valence-corrected chi connectivity index (χ3v) is 3.47. The van der Waals surface area contributed by atoms with Gasteiger partial charge in [0.05, 0.1) is 19.8 Å². The molecule has 0 heterocycles. The van der Waals surface area contributed by atoms with E-state index in [-0.39, 0.29) is 12.1 Å². The average Bonchev–Trinajstić information content (AvgIpc) is 2.49. The first-order valence-corrected chi connectivity index (χ1v) is 7.17. The lowest BCUT2D eigenvalue weighted by Crippen LogP contribution is -2.26. The van der Waals surface area contributed by atoms with Crippen LogP contribution in [0.25, 0.3) is 0 Å². The normalized spacial score (nSPS) is 13.7. The minimum atomic E-state index is -0.104. The van der Waals surface area contributed by atoms with Crippen LogP contribution in [0.3, 0.4) is 0 Å². The van der Waals surface area contributed by atoms with E-state index in [4.69, 9.17) is 15.2 Å². The van der Waals surface area contributed by atoms with Crippen molar-refractivity contribution >= 4 is 0 Å². The molecule has 2 aromatic carbocycles. The van der Waals surface area contributed by atoms with E-state index in [0.717, 1.165) is 16.9 Å². The first-order valence-electron chi connectivity index (χ1n) is 7.17. The number of hydrogen-bond donors (Lipinski definition) is 1. The van der Waals surface area contributed by atoms with Crippen LogP contribution in [-0.4, -0.2) is 13.2 Å². The Labute approximate surface area is 126 Å². The van der Waals surface area contributed by atoms with E-state index in [1.54, 1.807) is 7.11 Å². The number of nitrogens with two attached hydrogens (primary N) is 1. The first kappa shape index (κ1) is 15.5. The molecule has 0 bridgehead atoms. The Morgan fingerprint density at radius 2 is 1.62 bits per heavy atom. The number of ether oxygens (including phenoxy) is 2. The Morgan fingerprint density at radius 3 is 2.14 bits per heavy atom. The molecule has 3 heteroatoms. The Morgan fingerprint density at radius 1 is 1.00 bits per heavy atom. The minimum absolute atomic E-state index is 0.0639. The summed E-state index contributed by atoms with van der Waals surface area (Å²) in [6.07, 6.45) is -0.104. The van der Waals surface area contributed by atoms with Crippen molar-refractivity contribution in [2.45, 2.75) is 32.6 Å². The Balaban J connectivity index is 2.04. The van der Waals surface area contributed by atoms with Crippen LogP contribution in [-0.2, 0) is 11.3 Å². The van der Waals surface area contributed by atoms with Gasteiger partial charge in [-0.3, -0.25) is 0 Å². The first-order chi connectivity index (χ1) is 10.1. The lowest BCUT2D eigenvalue weighted by atomic mass is 10.0. The lowest BCUT2D eigenvalue weighted by molar-refractivity contribution is 0.0259. The molecule has 0 aliphatic carbocycles. The molecule has 0 amide bonds. The number of aryl methyl sites for hydroxylation is 1. The van der Waals surface area contributed by atoms with Gasteiger partial charge in [-0.25, -0.2) is 0 Å². The summed E-state index contributed by atoms with van der Waals surface area (Å²) in [5.41, 5.74) is 9.53. The van der Waals surface area contributed by atoms with Crippen molar-refractivity contribution < 1.29 is 9.47 Å². The van der Waals surface area contributed by atoms with Crippen LogP contribution in [0.15, 0.2) is 48.5 Å². The van der Waals surface area contributed by atoms with E-state index in [2.05, 4.69) is 31.2 Å². The predicted molar refractivity (Wildman–Crippen MR) is 85.4 cm³/mol. The standard InChI is InChI=1S/C18H23NO2/c1-13-4-8-16(9-5-13)18(14(2)19)21-12-15-6-10-17(20-3)11-7-15/h4-11,14,18H,12,19H2,1-3H3. The van der Waals surface area contributed by atoms with Crippen LogP contribution >= 0.6 is 0 Å². The third kappa shape index (κ3) is 4.31. The predicted octanol–water partition coefficient (Wildman–Crippen LogP) is 3.61. The van der Waals surface area contributed by atoms with E-state index in [1.807, 2.05) is 31.2 Å². The molecular formula is C18H23NO2. The molecule has 2 atom stereocenters.